The molecule has 0 aliphatic carbocycles. The molecule has 13 N–H and O–H groups in total. The molecule has 0 aliphatic rings. The number of hydrogen-bond donors (Lipinski definition) is 11. The van der Waals surface area contributed by atoms with Gasteiger partial charge in [-0.3, -0.25) is 38.4 Å². The van der Waals surface area contributed by atoms with Crippen molar-refractivity contribution in [3.63, 3.8) is 0 Å². The van der Waals surface area contributed by atoms with Crippen molar-refractivity contribution in [1.29, 1.82) is 0 Å². The third-order valence-corrected chi connectivity index (χ3v) is 7.96. The highest BCUT2D eigenvalue weighted by Crippen LogP contribution is 2.11. The van der Waals surface area contributed by atoms with Gasteiger partial charge in [-0.1, -0.05) is 56.3 Å². The Labute approximate surface area is 325 Å². The van der Waals surface area contributed by atoms with Crippen LogP contribution in [0.25, 0.3) is 0 Å². The molecule has 4 atom stereocenters. The molecule has 306 valence electrons. The SMILES string of the molecule is CC(C)C[C@@H](NC(=O)[C@H](Cc1ccccc1)NC(=O)CNC(=O)[C@@H](C)NC(=O)[C@@H](N)Cc1ccc(O)cc1)C(=O)NCC(=O)NCC(=O)NCC(=O)NCCN. The number of nitrogens with one attached hydrogen (secondary N) is 8. The minimum Gasteiger partial charge on any atom is -0.508 e. The molecule has 56 heavy (non-hydrogen) atoms. The Morgan fingerprint density at radius 1 is 0.571 bits per heavy atom. The Morgan fingerprint density at radius 2 is 1.11 bits per heavy atom. The Morgan fingerprint density at radius 3 is 1.70 bits per heavy atom. The van der Waals surface area contributed by atoms with Gasteiger partial charge in [0.1, 0.15) is 23.9 Å². The highest BCUT2D eigenvalue weighted by atomic mass is 16.3. The van der Waals surface area contributed by atoms with E-state index >= 15 is 0 Å². The van der Waals surface area contributed by atoms with E-state index in [1.807, 2.05) is 13.8 Å². The molecule has 19 nitrogen and oxygen atoms in total. The first-order chi connectivity index (χ1) is 26.6. The van der Waals surface area contributed by atoms with Crippen molar-refractivity contribution in [1.82, 2.24) is 42.5 Å². The van der Waals surface area contributed by atoms with Crippen molar-refractivity contribution in [3.05, 3.63) is 65.7 Å². The number of hydrogen-bond acceptors (Lipinski definition) is 11. The predicted octanol–water partition coefficient (Wildman–Crippen LogP) is -3.44. The van der Waals surface area contributed by atoms with Crippen LogP contribution in [-0.2, 0) is 51.2 Å². The second-order valence-corrected chi connectivity index (χ2v) is 13.3. The van der Waals surface area contributed by atoms with Crippen LogP contribution < -0.4 is 54.0 Å². The van der Waals surface area contributed by atoms with Gasteiger partial charge in [-0.05, 0) is 48.9 Å². The maximum atomic E-state index is 13.6. The lowest BCUT2D eigenvalue weighted by atomic mass is 10.0. The summed E-state index contributed by atoms with van der Waals surface area (Å²) in [6.45, 7) is 3.75. The highest BCUT2D eigenvalue weighted by Gasteiger charge is 2.28. The maximum absolute atomic E-state index is 13.6. The topological polar surface area (TPSA) is 305 Å². The molecule has 2 rings (SSSR count). The van der Waals surface area contributed by atoms with Gasteiger partial charge in [0, 0.05) is 19.5 Å². The third-order valence-electron chi connectivity index (χ3n) is 7.96. The average Bonchev–Trinajstić information content (AvgIpc) is 3.16. The summed E-state index contributed by atoms with van der Waals surface area (Å²) in [5.74, 6) is -5.17. The molecule has 2 aromatic rings. The molecule has 0 aromatic heterocycles. The Kier molecular flexibility index (Phi) is 20.0. The number of nitrogens with two attached hydrogens (primary N) is 2. The van der Waals surface area contributed by atoms with E-state index in [4.69, 9.17) is 11.5 Å². The molecule has 0 heterocycles. The van der Waals surface area contributed by atoms with Gasteiger partial charge in [-0.2, -0.15) is 0 Å². The normalized spacial score (nSPS) is 12.8. The minimum atomic E-state index is -1.18. The molecule has 2 aromatic carbocycles. The summed E-state index contributed by atoms with van der Waals surface area (Å²) >= 11 is 0. The lowest BCUT2D eigenvalue weighted by Gasteiger charge is -2.24. The zero-order valence-corrected chi connectivity index (χ0v) is 31.8. The van der Waals surface area contributed by atoms with Crippen LogP contribution >= 0.6 is 0 Å². The molecule has 0 radical (unpaired) electrons. The number of amides is 8. The quantitative estimate of drug-likeness (QED) is 0.0527. The van der Waals surface area contributed by atoms with Crippen LogP contribution in [-0.4, -0.2) is 116 Å². The summed E-state index contributed by atoms with van der Waals surface area (Å²) < 4.78 is 0. The van der Waals surface area contributed by atoms with Gasteiger partial charge >= 0.3 is 0 Å². The lowest BCUT2D eigenvalue weighted by molar-refractivity contribution is -0.133. The Balaban J connectivity index is 1.96. The summed E-state index contributed by atoms with van der Waals surface area (Å²) in [5.41, 5.74) is 12.7. The van der Waals surface area contributed by atoms with Gasteiger partial charge in [-0.25, -0.2) is 0 Å². The first kappa shape index (κ1) is 46.1. The van der Waals surface area contributed by atoms with Crippen LogP contribution in [0, 0.1) is 5.92 Å². The van der Waals surface area contributed by atoms with E-state index in [-0.39, 0.29) is 50.6 Å². The molecular weight excluding hydrogens is 728 g/mol. The van der Waals surface area contributed by atoms with Crippen molar-refractivity contribution in [2.45, 2.75) is 64.2 Å². The van der Waals surface area contributed by atoms with Crippen LogP contribution in [0.5, 0.6) is 5.75 Å². The molecule has 0 unspecified atom stereocenters. The van der Waals surface area contributed by atoms with E-state index in [0.717, 1.165) is 0 Å². The summed E-state index contributed by atoms with van der Waals surface area (Å²) in [6.07, 6.45) is 0.369. The Hall–Kier alpha value is -6.08. The second-order valence-electron chi connectivity index (χ2n) is 13.3. The molecule has 0 aliphatic heterocycles. The molecule has 19 heteroatoms. The molecule has 0 fully saturated rings. The zero-order chi connectivity index (χ0) is 41.6. The molecule has 8 amide bonds. The highest BCUT2D eigenvalue weighted by molar-refractivity contribution is 5.95. The van der Waals surface area contributed by atoms with Crippen molar-refractivity contribution < 1.29 is 43.5 Å². The minimum absolute atomic E-state index is 0.0346. The summed E-state index contributed by atoms with van der Waals surface area (Å²) in [4.78, 5) is 101. The fourth-order valence-electron chi connectivity index (χ4n) is 5.01. The van der Waals surface area contributed by atoms with Crippen molar-refractivity contribution in [2.75, 3.05) is 39.3 Å². The van der Waals surface area contributed by atoms with E-state index in [2.05, 4.69) is 42.5 Å². The monoisotopic (exact) mass is 782 g/mol. The lowest BCUT2D eigenvalue weighted by Crippen LogP contribution is -2.57. The van der Waals surface area contributed by atoms with Crippen molar-refractivity contribution in [2.24, 2.45) is 17.4 Å². The van der Waals surface area contributed by atoms with Crippen molar-refractivity contribution in [3.8, 4) is 5.75 Å². The number of benzene rings is 2. The van der Waals surface area contributed by atoms with Crippen LogP contribution in [0.4, 0.5) is 0 Å². The molecule has 0 saturated carbocycles. The van der Waals surface area contributed by atoms with E-state index in [1.54, 1.807) is 42.5 Å². The van der Waals surface area contributed by atoms with Crippen LogP contribution in [0.2, 0.25) is 0 Å². The predicted molar refractivity (Wildman–Crippen MR) is 205 cm³/mol. The first-order valence-corrected chi connectivity index (χ1v) is 18.1. The standard InChI is InChI=1S/C37H54N10O9/c1-22(2)15-28(36(55)44-20-32(51)42-19-31(50)41-18-30(49)40-14-13-38)47-37(56)29(17-24-7-5-4-6-8-24)46-33(52)21-43-34(53)23(3)45-35(54)27(39)16-25-9-11-26(48)12-10-25/h4-12,22-23,27-29,48H,13-21,38-39H2,1-3H3,(H,40,49)(H,41,50)(H,42,51)(H,43,53)(H,44,55)(H,45,54)(H,46,52)(H,47,56)/t23-,27+,28-,29+/m1/s1. The first-order valence-electron chi connectivity index (χ1n) is 18.1. The van der Waals surface area contributed by atoms with E-state index in [9.17, 15) is 43.5 Å². The van der Waals surface area contributed by atoms with Crippen LogP contribution in [0.15, 0.2) is 54.6 Å². The van der Waals surface area contributed by atoms with Gasteiger partial charge in [0.15, 0.2) is 0 Å². The number of carbonyl (C=O) groups excluding carboxylic acids is 8. The smallest absolute Gasteiger partial charge is 0.243 e. The summed E-state index contributed by atoms with van der Waals surface area (Å²) in [6, 6.07) is 10.6. The number of carbonyl (C=O) groups is 8. The number of phenols is 1. The summed E-state index contributed by atoms with van der Waals surface area (Å²) in [7, 11) is 0. The fraction of sp³-hybridized carbons (Fsp3) is 0.459. The van der Waals surface area contributed by atoms with Gasteiger partial charge in [0.2, 0.25) is 47.3 Å². The molecule has 0 spiro atoms. The Bertz CT molecular complexity index is 1640. The van der Waals surface area contributed by atoms with E-state index < -0.39 is 91.1 Å². The van der Waals surface area contributed by atoms with Crippen LogP contribution in [0.3, 0.4) is 0 Å². The van der Waals surface area contributed by atoms with Crippen molar-refractivity contribution >= 4 is 47.3 Å². The zero-order valence-electron chi connectivity index (χ0n) is 31.8. The second kappa shape index (κ2) is 24.4. The van der Waals surface area contributed by atoms with Gasteiger partial charge in [0.25, 0.3) is 0 Å². The van der Waals surface area contributed by atoms with E-state index in [0.29, 0.717) is 11.1 Å². The fourth-order valence-corrected chi connectivity index (χ4v) is 5.01. The molecular formula is C37H54N10O9. The van der Waals surface area contributed by atoms with Crippen LogP contribution in [0.1, 0.15) is 38.3 Å². The largest absolute Gasteiger partial charge is 0.508 e. The molecule has 0 bridgehead atoms. The summed E-state index contributed by atoms with van der Waals surface area (Å²) in [5, 5.41) is 29.2. The number of aromatic hydroxyl groups is 1. The number of phenolic OH excluding ortho intramolecular Hbond substituents is 1. The number of rotatable bonds is 23. The third kappa shape index (κ3) is 18.3. The maximum Gasteiger partial charge on any atom is 0.243 e. The average molecular weight is 783 g/mol. The van der Waals surface area contributed by atoms with Gasteiger partial charge in [-0.15, -0.1) is 0 Å². The van der Waals surface area contributed by atoms with Gasteiger partial charge < -0.3 is 59.1 Å². The van der Waals surface area contributed by atoms with Gasteiger partial charge in [0.05, 0.1) is 32.2 Å². The molecule has 0 saturated heterocycles. The van der Waals surface area contributed by atoms with E-state index in [1.165, 1.54) is 19.1 Å².